The van der Waals surface area contributed by atoms with Gasteiger partial charge < -0.3 is 14.9 Å². The van der Waals surface area contributed by atoms with Crippen LogP contribution in [0, 0.1) is 5.92 Å². The van der Waals surface area contributed by atoms with E-state index in [1.807, 2.05) is 16.3 Å². The van der Waals surface area contributed by atoms with Gasteiger partial charge in [-0.2, -0.15) is 0 Å². The Morgan fingerprint density at radius 2 is 2.24 bits per heavy atom. The van der Waals surface area contributed by atoms with Crippen LogP contribution in [0.4, 0.5) is 4.79 Å². The van der Waals surface area contributed by atoms with Crippen molar-refractivity contribution in [1.29, 1.82) is 0 Å². The van der Waals surface area contributed by atoms with Crippen molar-refractivity contribution in [3.8, 4) is 0 Å². The predicted octanol–water partition coefficient (Wildman–Crippen LogP) is 2.58. The number of amides is 2. The van der Waals surface area contributed by atoms with E-state index in [1.165, 1.54) is 4.90 Å². The lowest BCUT2D eigenvalue weighted by Gasteiger charge is -2.35. The van der Waals surface area contributed by atoms with E-state index in [-0.39, 0.29) is 6.03 Å². The summed E-state index contributed by atoms with van der Waals surface area (Å²) in [7, 11) is 0. The highest BCUT2D eigenvalue weighted by Crippen LogP contribution is 2.34. The Hall–Kier alpha value is -1.56. The molecule has 2 unspecified atom stereocenters. The third kappa shape index (κ3) is 2.52. The maximum Gasteiger partial charge on any atom is 0.331 e. The molecule has 1 aromatic rings. The second-order valence-electron chi connectivity index (χ2n) is 5.77. The van der Waals surface area contributed by atoms with Crippen molar-refractivity contribution >= 4 is 23.3 Å². The van der Waals surface area contributed by atoms with Crippen LogP contribution in [-0.4, -0.2) is 46.5 Å². The average Bonchev–Trinajstić information content (AvgIpc) is 3.13. The van der Waals surface area contributed by atoms with Crippen LogP contribution in [0.15, 0.2) is 11.4 Å². The van der Waals surface area contributed by atoms with Gasteiger partial charge in [-0.3, -0.25) is 0 Å². The molecule has 0 radical (unpaired) electrons. The molecule has 5 nitrogen and oxygen atoms in total. The monoisotopic (exact) mass is 308 g/mol. The minimum absolute atomic E-state index is 0.116. The second kappa shape index (κ2) is 5.67. The van der Waals surface area contributed by atoms with Crippen molar-refractivity contribution < 1.29 is 14.7 Å². The highest BCUT2D eigenvalue weighted by molar-refractivity contribution is 7.10. The van der Waals surface area contributed by atoms with Crippen molar-refractivity contribution in [2.75, 3.05) is 19.6 Å². The zero-order valence-corrected chi connectivity index (χ0v) is 12.9. The van der Waals surface area contributed by atoms with Gasteiger partial charge in [0.15, 0.2) is 6.04 Å². The highest BCUT2D eigenvalue weighted by atomic mass is 32.1. The molecule has 2 aliphatic heterocycles. The first-order chi connectivity index (χ1) is 10.1. The Balaban J connectivity index is 1.81. The smallest absolute Gasteiger partial charge is 0.331 e. The number of hydrogen-bond donors (Lipinski definition) is 1. The zero-order chi connectivity index (χ0) is 15.0. The average molecular weight is 308 g/mol. The molecule has 0 aromatic carbocycles. The van der Waals surface area contributed by atoms with E-state index in [1.54, 1.807) is 11.3 Å². The van der Waals surface area contributed by atoms with Crippen LogP contribution >= 0.6 is 11.3 Å². The van der Waals surface area contributed by atoms with Crippen LogP contribution < -0.4 is 0 Å². The number of carbonyl (C=O) groups is 2. The lowest BCUT2D eigenvalue weighted by molar-refractivity contribution is -0.143. The Bertz CT molecular complexity index is 557. The maximum absolute atomic E-state index is 12.7. The van der Waals surface area contributed by atoms with Crippen LogP contribution in [0.5, 0.6) is 0 Å². The van der Waals surface area contributed by atoms with Crippen molar-refractivity contribution in [2.45, 2.75) is 32.2 Å². The lowest BCUT2D eigenvalue weighted by atomic mass is 10.0. The van der Waals surface area contributed by atoms with Crippen molar-refractivity contribution in [2.24, 2.45) is 5.92 Å². The number of urea groups is 1. The van der Waals surface area contributed by atoms with Crippen molar-refractivity contribution in [3.63, 3.8) is 0 Å². The fraction of sp³-hybridized carbons (Fsp3) is 0.600. The summed E-state index contributed by atoms with van der Waals surface area (Å²) in [6, 6.07) is 0.903. The Morgan fingerprint density at radius 3 is 2.90 bits per heavy atom. The molecule has 3 heterocycles. The molecule has 1 N–H and O–H groups in total. The molecule has 2 aliphatic rings. The SMILES string of the molecule is CCC1CCN(C(=O)N2CCc3sccc3C2C(=O)O)C1. The fourth-order valence-corrected chi connectivity index (χ4v) is 4.21. The van der Waals surface area contributed by atoms with Gasteiger partial charge in [0, 0.05) is 24.5 Å². The number of rotatable bonds is 2. The van der Waals surface area contributed by atoms with E-state index in [0.717, 1.165) is 42.8 Å². The molecule has 1 fully saturated rings. The molecule has 1 saturated heterocycles. The molecule has 0 aliphatic carbocycles. The molecule has 0 saturated carbocycles. The molecule has 0 bridgehead atoms. The summed E-state index contributed by atoms with van der Waals surface area (Å²) in [5.41, 5.74) is 0.790. The van der Waals surface area contributed by atoms with E-state index in [9.17, 15) is 14.7 Å². The molecule has 114 valence electrons. The molecular formula is C15H20N2O3S. The van der Waals surface area contributed by atoms with E-state index >= 15 is 0 Å². The molecule has 1 aromatic heterocycles. The predicted molar refractivity (Wildman–Crippen MR) is 80.5 cm³/mol. The summed E-state index contributed by atoms with van der Waals surface area (Å²) in [5.74, 6) is -0.382. The summed E-state index contributed by atoms with van der Waals surface area (Å²) in [4.78, 5) is 28.8. The Labute approximate surface area is 128 Å². The van der Waals surface area contributed by atoms with E-state index < -0.39 is 12.0 Å². The van der Waals surface area contributed by atoms with E-state index in [4.69, 9.17) is 0 Å². The topological polar surface area (TPSA) is 60.9 Å². The number of carboxylic acids is 1. The molecule has 3 rings (SSSR count). The second-order valence-corrected chi connectivity index (χ2v) is 6.78. The van der Waals surface area contributed by atoms with Gasteiger partial charge in [-0.15, -0.1) is 11.3 Å². The highest BCUT2D eigenvalue weighted by Gasteiger charge is 2.39. The first-order valence-corrected chi connectivity index (χ1v) is 8.34. The molecule has 2 amide bonds. The van der Waals surface area contributed by atoms with Gasteiger partial charge in [-0.25, -0.2) is 9.59 Å². The first-order valence-electron chi connectivity index (χ1n) is 7.46. The van der Waals surface area contributed by atoms with Gasteiger partial charge in [0.2, 0.25) is 0 Å². The van der Waals surface area contributed by atoms with Crippen molar-refractivity contribution in [1.82, 2.24) is 9.80 Å². The van der Waals surface area contributed by atoms with E-state index in [2.05, 4.69) is 6.92 Å². The number of nitrogens with zero attached hydrogens (tertiary/aromatic N) is 2. The largest absolute Gasteiger partial charge is 0.479 e. The lowest BCUT2D eigenvalue weighted by Crippen LogP contribution is -2.48. The van der Waals surface area contributed by atoms with Crippen LogP contribution in [0.25, 0.3) is 0 Å². The molecular weight excluding hydrogens is 288 g/mol. The Morgan fingerprint density at radius 1 is 1.43 bits per heavy atom. The van der Waals surface area contributed by atoms with Crippen molar-refractivity contribution in [3.05, 3.63) is 21.9 Å². The zero-order valence-electron chi connectivity index (χ0n) is 12.1. The van der Waals surface area contributed by atoms with Crippen LogP contribution in [0.2, 0.25) is 0 Å². The van der Waals surface area contributed by atoms with Gasteiger partial charge in [-0.1, -0.05) is 13.3 Å². The van der Waals surface area contributed by atoms with E-state index in [0.29, 0.717) is 12.5 Å². The van der Waals surface area contributed by atoms with Crippen LogP contribution in [-0.2, 0) is 11.2 Å². The number of aliphatic carboxylic acids is 1. The van der Waals surface area contributed by atoms with Gasteiger partial charge in [-0.05, 0) is 35.8 Å². The third-order valence-electron chi connectivity index (χ3n) is 4.58. The van der Waals surface area contributed by atoms with Gasteiger partial charge >= 0.3 is 12.0 Å². The quantitative estimate of drug-likeness (QED) is 0.913. The first kappa shape index (κ1) is 14.4. The van der Waals surface area contributed by atoms with Gasteiger partial charge in [0.1, 0.15) is 0 Å². The summed E-state index contributed by atoms with van der Waals surface area (Å²) in [6.07, 6.45) is 2.85. The summed E-state index contributed by atoms with van der Waals surface area (Å²) < 4.78 is 0. The number of thiophene rings is 1. The minimum atomic E-state index is -0.936. The third-order valence-corrected chi connectivity index (χ3v) is 5.58. The molecule has 2 atom stereocenters. The fourth-order valence-electron chi connectivity index (χ4n) is 3.31. The number of carboxylic acid groups (broad SMARTS) is 1. The summed E-state index contributed by atoms with van der Waals surface area (Å²) >= 11 is 1.58. The van der Waals surface area contributed by atoms with Gasteiger partial charge in [0.25, 0.3) is 0 Å². The standard InChI is InChI=1S/C15H20N2O3S/c1-2-10-3-6-16(9-10)15(20)17-7-4-12-11(5-8-21-12)13(17)14(18)19/h5,8,10,13H,2-4,6-7,9H2,1H3,(H,18,19). The number of carbonyl (C=O) groups excluding carboxylic acids is 1. The molecule has 21 heavy (non-hydrogen) atoms. The number of fused-ring (bicyclic) bond motifs is 1. The van der Waals surface area contributed by atoms with Crippen LogP contribution in [0.3, 0.4) is 0 Å². The molecule has 0 spiro atoms. The minimum Gasteiger partial charge on any atom is -0.479 e. The number of likely N-dealkylation sites (tertiary alicyclic amines) is 1. The molecule has 6 heteroatoms. The normalized spacial score (nSPS) is 25.0. The summed E-state index contributed by atoms with van der Waals surface area (Å²) in [6.45, 7) is 4.14. The Kier molecular flexibility index (Phi) is 3.89. The maximum atomic E-state index is 12.7. The van der Waals surface area contributed by atoms with Crippen LogP contribution in [0.1, 0.15) is 36.2 Å². The summed E-state index contributed by atoms with van der Waals surface area (Å²) in [5, 5.41) is 11.5. The number of hydrogen-bond acceptors (Lipinski definition) is 3. The van der Waals surface area contributed by atoms with Gasteiger partial charge in [0.05, 0.1) is 0 Å².